The molecule has 178 valence electrons. The van der Waals surface area contributed by atoms with E-state index in [0.29, 0.717) is 12.2 Å². The van der Waals surface area contributed by atoms with Crippen LogP contribution < -0.4 is 5.32 Å². The van der Waals surface area contributed by atoms with Gasteiger partial charge in [-0.15, -0.1) is 0 Å². The van der Waals surface area contributed by atoms with Crippen LogP contribution in [-0.4, -0.2) is 73.1 Å². The van der Waals surface area contributed by atoms with Gasteiger partial charge in [0, 0.05) is 44.5 Å². The van der Waals surface area contributed by atoms with Crippen LogP contribution >= 0.6 is 11.6 Å². The molecule has 0 spiro atoms. The van der Waals surface area contributed by atoms with E-state index in [1.165, 1.54) is 28.8 Å². The van der Waals surface area contributed by atoms with Gasteiger partial charge in [0.1, 0.15) is 5.82 Å². The molecular formula is C26H34ClFN4O. The van der Waals surface area contributed by atoms with Crippen molar-refractivity contribution < 1.29 is 9.18 Å². The maximum Gasteiger partial charge on any atom is 0.322 e. The van der Waals surface area contributed by atoms with Gasteiger partial charge in [-0.3, -0.25) is 0 Å². The molecule has 0 bridgehead atoms. The fourth-order valence-electron chi connectivity index (χ4n) is 4.89. The number of benzene rings is 2. The standard InChI is InChI=1S/C26H34ClFN4O/c1-19-4-5-21-17-23(8-6-20(21)16-19)32(11-3-10-31-14-12-30(2)13-15-31)26(33)29-22-7-9-25(28)24(27)18-22/h4-5,7,9,16,18,23H,3,6,8,10-15,17H2,1-2H3,(H,29,33). The molecule has 4 rings (SSSR count). The third-order valence-electron chi connectivity index (χ3n) is 6.91. The van der Waals surface area contributed by atoms with Crippen LogP contribution in [0, 0.1) is 12.7 Å². The number of halogens is 2. The number of nitrogens with zero attached hydrogens (tertiary/aromatic N) is 3. The molecule has 7 heteroatoms. The molecule has 0 saturated carbocycles. The zero-order valence-corrected chi connectivity index (χ0v) is 20.4. The molecule has 2 aromatic carbocycles. The Hall–Kier alpha value is -2.15. The number of fused-ring (bicyclic) bond motifs is 1. The molecule has 1 heterocycles. The van der Waals surface area contributed by atoms with Gasteiger partial charge in [0.25, 0.3) is 0 Å². The Morgan fingerprint density at radius 3 is 2.70 bits per heavy atom. The summed E-state index contributed by atoms with van der Waals surface area (Å²) in [5.74, 6) is -0.488. The molecule has 2 amide bonds. The number of piperazine rings is 1. The Bertz CT molecular complexity index is 977. The van der Waals surface area contributed by atoms with Gasteiger partial charge < -0.3 is 20.0 Å². The van der Waals surface area contributed by atoms with E-state index < -0.39 is 5.82 Å². The molecule has 0 radical (unpaired) electrons. The second kappa shape index (κ2) is 10.9. The zero-order valence-electron chi connectivity index (χ0n) is 19.6. The molecular weight excluding hydrogens is 439 g/mol. The highest BCUT2D eigenvalue weighted by Crippen LogP contribution is 2.27. The molecule has 33 heavy (non-hydrogen) atoms. The summed E-state index contributed by atoms with van der Waals surface area (Å²) in [5.41, 5.74) is 4.53. The van der Waals surface area contributed by atoms with Crippen molar-refractivity contribution in [3.8, 4) is 0 Å². The number of carbonyl (C=O) groups excluding carboxylic acids is 1. The molecule has 1 aliphatic heterocycles. The average molecular weight is 473 g/mol. The number of anilines is 1. The summed E-state index contributed by atoms with van der Waals surface area (Å²) < 4.78 is 13.6. The van der Waals surface area contributed by atoms with Crippen LogP contribution in [0.15, 0.2) is 36.4 Å². The molecule has 1 atom stereocenters. The van der Waals surface area contributed by atoms with Gasteiger partial charge in [-0.25, -0.2) is 9.18 Å². The monoisotopic (exact) mass is 472 g/mol. The first kappa shape index (κ1) is 24.0. The van der Waals surface area contributed by atoms with Crippen molar-refractivity contribution >= 4 is 23.3 Å². The van der Waals surface area contributed by atoms with E-state index in [1.807, 2.05) is 4.90 Å². The Labute approximate surface area is 201 Å². The maximum absolute atomic E-state index is 13.6. The fourth-order valence-corrected chi connectivity index (χ4v) is 5.07. The number of amides is 2. The van der Waals surface area contributed by atoms with Crippen molar-refractivity contribution in [3.05, 3.63) is 63.9 Å². The van der Waals surface area contributed by atoms with Crippen LogP contribution in [0.25, 0.3) is 0 Å². The summed E-state index contributed by atoms with van der Waals surface area (Å²) in [6, 6.07) is 10.9. The zero-order chi connectivity index (χ0) is 23.4. The highest BCUT2D eigenvalue weighted by molar-refractivity contribution is 6.31. The molecule has 2 aromatic rings. The summed E-state index contributed by atoms with van der Waals surface area (Å²) in [7, 11) is 2.16. The largest absolute Gasteiger partial charge is 0.322 e. The summed E-state index contributed by atoms with van der Waals surface area (Å²) in [6.07, 6.45) is 3.72. The van der Waals surface area contributed by atoms with Gasteiger partial charge in [0.2, 0.25) is 0 Å². The highest BCUT2D eigenvalue weighted by Gasteiger charge is 2.28. The van der Waals surface area contributed by atoms with Crippen LogP contribution in [0.4, 0.5) is 14.9 Å². The lowest BCUT2D eigenvalue weighted by molar-refractivity contribution is 0.140. The molecule has 1 aliphatic carbocycles. The Balaban J connectivity index is 1.44. The van der Waals surface area contributed by atoms with E-state index in [9.17, 15) is 9.18 Å². The summed E-state index contributed by atoms with van der Waals surface area (Å²) >= 11 is 5.93. The second-order valence-corrected chi connectivity index (χ2v) is 9.83. The number of urea groups is 1. The summed E-state index contributed by atoms with van der Waals surface area (Å²) in [4.78, 5) is 20.2. The lowest BCUT2D eigenvalue weighted by Crippen LogP contribution is -2.48. The van der Waals surface area contributed by atoms with Crippen LogP contribution in [-0.2, 0) is 12.8 Å². The number of hydrogen-bond donors (Lipinski definition) is 1. The molecule has 1 saturated heterocycles. The predicted molar refractivity (Wildman–Crippen MR) is 133 cm³/mol. The van der Waals surface area contributed by atoms with Crippen molar-refractivity contribution in [1.29, 1.82) is 0 Å². The fraction of sp³-hybridized carbons (Fsp3) is 0.500. The lowest BCUT2D eigenvalue weighted by atomic mass is 9.86. The first-order valence-electron chi connectivity index (χ1n) is 11.9. The smallest absolute Gasteiger partial charge is 0.321 e. The number of rotatable bonds is 6. The van der Waals surface area contributed by atoms with E-state index in [-0.39, 0.29) is 17.1 Å². The van der Waals surface area contributed by atoms with Crippen molar-refractivity contribution in [2.45, 2.75) is 38.6 Å². The first-order chi connectivity index (χ1) is 15.9. The lowest BCUT2D eigenvalue weighted by Gasteiger charge is -2.37. The van der Waals surface area contributed by atoms with Gasteiger partial charge in [0.15, 0.2) is 0 Å². The number of likely N-dealkylation sites (N-methyl/N-ethyl adjacent to an activating group) is 1. The summed E-state index contributed by atoms with van der Waals surface area (Å²) in [5, 5.41) is 2.96. The minimum absolute atomic E-state index is 0.0105. The van der Waals surface area contributed by atoms with Crippen LogP contribution in [0.2, 0.25) is 5.02 Å². The number of carbonyl (C=O) groups is 1. The van der Waals surface area contributed by atoms with E-state index >= 15 is 0 Å². The third-order valence-corrected chi connectivity index (χ3v) is 7.20. The average Bonchev–Trinajstić information content (AvgIpc) is 2.80. The minimum atomic E-state index is -0.488. The van der Waals surface area contributed by atoms with Gasteiger partial charge in [-0.1, -0.05) is 35.4 Å². The molecule has 1 N–H and O–H groups in total. The predicted octanol–water partition coefficient (Wildman–Crippen LogP) is 4.82. The maximum atomic E-state index is 13.6. The van der Waals surface area contributed by atoms with E-state index in [0.717, 1.165) is 58.4 Å². The number of hydrogen-bond acceptors (Lipinski definition) is 3. The molecule has 1 unspecified atom stereocenters. The normalized spacial score (nSPS) is 19.2. The molecule has 0 aromatic heterocycles. The van der Waals surface area contributed by atoms with Gasteiger partial charge in [0.05, 0.1) is 5.02 Å². The Morgan fingerprint density at radius 2 is 1.94 bits per heavy atom. The van der Waals surface area contributed by atoms with Crippen LogP contribution in [0.3, 0.4) is 0 Å². The van der Waals surface area contributed by atoms with Crippen molar-refractivity contribution in [1.82, 2.24) is 14.7 Å². The first-order valence-corrected chi connectivity index (χ1v) is 12.3. The van der Waals surface area contributed by atoms with Gasteiger partial charge in [-0.05, 0) is 75.5 Å². The SMILES string of the molecule is Cc1ccc2c(c1)CCC(N(CCCN1CCN(C)CC1)C(=O)Nc1ccc(F)c(Cl)c1)C2. The highest BCUT2D eigenvalue weighted by atomic mass is 35.5. The topological polar surface area (TPSA) is 38.8 Å². The van der Waals surface area contributed by atoms with Crippen molar-refractivity contribution in [2.24, 2.45) is 0 Å². The summed E-state index contributed by atoms with van der Waals surface area (Å²) in [6.45, 7) is 8.14. The van der Waals surface area contributed by atoms with Crippen molar-refractivity contribution in [3.63, 3.8) is 0 Å². The van der Waals surface area contributed by atoms with Crippen LogP contribution in [0.5, 0.6) is 0 Å². The molecule has 2 aliphatic rings. The molecule has 5 nitrogen and oxygen atoms in total. The van der Waals surface area contributed by atoms with E-state index in [4.69, 9.17) is 11.6 Å². The number of nitrogens with one attached hydrogen (secondary N) is 1. The van der Waals surface area contributed by atoms with E-state index in [2.05, 4.69) is 47.3 Å². The minimum Gasteiger partial charge on any atom is -0.321 e. The second-order valence-electron chi connectivity index (χ2n) is 9.42. The van der Waals surface area contributed by atoms with Crippen molar-refractivity contribution in [2.75, 3.05) is 51.6 Å². The van der Waals surface area contributed by atoms with Gasteiger partial charge >= 0.3 is 6.03 Å². The quantitative estimate of drug-likeness (QED) is 0.655. The van der Waals surface area contributed by atoms with Gasteiger partial charge in [-0.2, -0.15) is 0 Å². The van der Waals surface area contributed by atoms with E-state index in [1.54, 1.807) is 6.07 Å². The third kappa shape index (κ3) is 6.25. The Morgan fingerprint density at radius 1 is 1.15 bits per heavy atom. The number of aryl methyl sites for hydroxylation is 2. The molecule has 1 fully saturated rings. The van der Waals surface area contributed by atoms with Crippen LogP contribution in [0.1, 0.15) is 29.5 Å². The Kier molecular flexibility index (Phi) is 7.89.